The summed E-state index contributed by atoms with van der Waals surface area (Å²) in [4.78, 5) is 84.1. The Balaban J connectivity index is 0.000000126. The third kappa shape index (κ3) is 19.4. The summed E-state index contributed by atoms with van der Waals surface area (Å²) in [5.41, 5.74) is 22.2. The van der Waals surface area contributed by atoms with Gasteiger partial charge in [0.25, 0.3) is 5.92 Å². The summed E-state index contributed by atoms with van der Waals surface area (Å²) in [5.74, 6) is -2.23. The first-order valence-corrected chi connectivity index (χ1v) is 48.7. The highest BCUT2D eigenvalue weighted by molar-refractivity contribution is 6.13. The number of aryl methyl sites for hydroxylation is 5. The number of carbonyl (C=O) groups is 4. The lowest BCUT2D eigenvalue weighted by Crippen LogP contribution is -2.30. The number of carbonyl (C=O) groups excluding carboxylic acids is 2. The number of halogens is 3. The molecule has 9 aromatic heterocycles. The lowest BCUT2D eigenvalue weighted by Gasteiger charge is -2.30. The van der Waals surface area contributed by atoms with Crippen LogP contribution < -0.4 is 18.9 Å². The van der Waals surface area contributed by atoms with Crippen molar-refractivity contribution in [1.29, 1.82) is 0 Å². The van der Waals surface area contributed by atoms with E-state index in [1.807, 2.05) is 232 Å². The van der Waals surface area contributed by atoms with Crippen LogP contribution in [0.4, 0.5) is 13.2 Å². The number of benzene rings is 8. The van der Waals surface area contributed by atoms with Crippen LogP contribution in [0.2, 0.25) is 0 Å². The van der Waals surface area contributed by atoms with E-state index in [9.17, 15) is 42.6 Å². The minimum absolute atomic E-state index is 0.0468. The number of rotatable bonds is 20. The predicted molar refractivity (Wildman–Crippen MR) is 554 cm³/mol. The average molecular weight is 1940 g/mol. The van der Waals surface area contributed by atoms with E-state index < -0.39 is 70.9 Å². The van der Waals surface area contributed by atoms with E-state index in [-0.39, 0.29) is 17.3 Å². The SMILES string of the molecule is CC(=O)[C@@H](OC(C)(C)C)c1c(C)cc2c(ccc3cnnn32)c1-c1ccc2c3c(ccnc13)CCO2.CC(=O)[C@@H](OC(C)(C)C)c1c(C)cc2nc(C(C)(F)F)ccc2c1-c1ccc2c3c(ccnc13)CCO2.CCC(C)(C)O[C@H](C(=O)O)c1c(C)cc2nc(C)ccc2c1-c1ccc2c3c(ccnc13)CCO2.Cc1cc2nc(C(C)F)ccc2c(-c2ccc3c4c(ccnc24)CCO3)c1[C@H](OC(C)(C)C)C(=O)O. The fourth-order valence-corrected chi connectivity index (χ4v) is 20.3. The molecule has 27 heteroatoms. The van der Waals surface area contributed by atoms with E-state index in [1.165, 1.54) is 31.0 Å². The van der Waals surface area contributed by atoms with Crippen LogP contribution in [0.1, 0.15) is 232 Å². The number of ether oxygens (including phenoxy) is 8. The molecule has 24 nitrogen and oxygen atoms in total. The Kier molecular flexibility index (Phi) is 26.8. The van der Waals surface area contributed by atoms with Crippen molar-refractivity contribution in [2.75, 3.05) is 26.4 Å². The normalized spacial score (nSPS) is 14.6. The molecule has 0 amide bonds. The number of ketones is 2. The number of Topliss-reactive ketones (excluding diaryl/α,β-unsaturated/α-hetero) is 2. The van der Waals surface area contributed by atoms with E-state index in [4.69, 9.17) is 62.8 Å². The molecule has 1 unspecified atom stereocenters. The minimum Gasteiger partial charge on any atom is -0.493 e. The minimum atomic E-state index is -3.09. The zero-order valence-corrected chi connectivity index (χ0v) is 84.9. The number of aromatic nitrogens is 10. The van der Waals surface area contributed by atoms with Crippen LogP contribution in [0.5, 0.6) is 23.0 Å². The smallest absolute Gasteiger partial charge is 0.337 e. The van der Waals surface area contributed by atoms with Crippen molar-refractivity contribution in [1.82, 2.24) is 49.7 Å². The van der Waals surface area contributed by atoms with Gasteiger partial charge in [-0.05, 0) is 343 Å². The summed E-state index contributed by atoms with van der Waals surface area (Å²) in [6, 6.07) is 45.9. The maximum Gasteiger partial charge on any atom is 0.337 e. The second-order valence-corrected chi connectivity index (χ2v) is 41.3. The Morgan fingerprint density at radius 1 is 0.417 bits per heavy atom. The van der Waals surface area contributed by atoms with E-state index in [0.717, 1.165) is 199 Å². The first-order valence-electron chi connectivity index (χ1n) is 48.7. The summed E-state index contributed by atoms with van der Waals surface area (Å²) in [7, 11) is 0. The van der Waals surface area contributed by atoms with Gasteiger partial charge in [-0.2, -0.15) is 8.78 Å². The number of carboxylic acids is 2. The van der Waals surface area contributed by atoms with Crippen LogP contribution in [-0.4, -0.2) is 132 Å². The third-order valence-corrected chi connectivity index (χ3v) is 26.9. The Bertz CT molecular complexity index is 8050. The number of pyridine rings is 8. The maximum absolute atomic E-state index is 14.2. The van der Waals surface area contributed by atoms with Gasteiger partial charge in [0, 0.05) is 140 Å². The predicted octanol–water partition coefficient (Wildman–Crippen LogP) is 26.0. The highest BCUT2D eigenvalue weighted by Crippen LogP contribution is 2.53. The van der Waals surface area contributed by atoms with Gasteiger partial charge in [0.05, 0.1) is 110 Å². The van der Waals surface area contributed by atoms with Crippen molar-refractivity contribution in [2.24, 2.45) is 0 Å². The monoisotopic (exact) mass is 1940 g/mol. The quantitative estimate of drug-likeness (QED) is 0.0716. The molecule has 0 aliphatic carbocycles. The van der Waals surface area contributed by atoms with Crippen LogP contribution in [-0.2, 0) is 69.7 Å². The summed E-state index contributed by atoms with van der Waals surface area (Å²) < 4.78 is 93.2. The molecule has 0 fully saturated rings. The molecule has 4 aliphatic heterocycles. The van der Waals surface area contributed by atoms with Crippen molar-refractivity contribution < 1.29 is 80.5 Å². The molecule has 0 bridgehead atoms. The van der Waals surface area contributed by atoms with Gasteiger partial charge in [-0.1, -0.05) is 30.3 Å². The van der Waals surface area contributed by atoms with E-state index in [0.29, 0.717) is 93.7 Å². The van der Waals surface area contributed by atoms with Crippen molar-refractivity contribution >= 4 is 116 Å². The third-order valence-electron chi connectivity index (χ3n) is 26.9. The molecule has 0 radical (unpaired) electrons. The summed E-state index contributed by atoms with van der Waals surface area (Å²) in [6.45, 7) is 40.4. The molecule has 0 spiro atoms. The largest absolute Gasteiger partial charge is 0.493 e. The van der Waals surface area contributed by atoms with E-state index in [2.05, 4.69) is 44.5 Å². The number of fused-ring (bicyclic) bond motifs is 6. The number of hydrogen-bond donors (Lipinski definition) is 2. The summed E-state index contributed by atoms with van der Waals surface area (Å²) in [6.07, 6.45) is 7.61. The van der Waals surface area contributed by atoms with Gasteiger partial charge in [-0.25, -0.2) is 28.5 Å². The number of alkyl halides is 3. The molecule has 5 atom stereocenters. The van der Waals surface area contributed by atoms with Gasteiger partial charge >= 0.3 is 11.9 Å². The fraction of sp³-hybridized carbons (Fsp3) is 0.342. The fourth-order valence-electron chi connectivity index (χ4n) is 20.3. The number of nitrogens with zero attached hydrogens (tertiary/aromatic N) is 10. The van der Waals surface area contributed by atoms with Crippen LogP contribution >= 0.6 is 0 Å². The van der Waals surface area contributed by atoms with Crippen molar-refractivity contribution in [2.45, 2.75) is 236 Å². The van der Waals surface area contributed by atoms with Crippen LogP contribution in [0.3, 0.4) is 0 Å². The Hall–Kier alpha value is -14.4. The molecule has 740 valence electrons. The average Bonchev–Trinajstić information content (AvgIpc) is 0.885. The molecule has 0 saturated carbocycles. The highest BCUT2D eigenvalue weighted by Gasteiger charge is 2.40. The maximum atomic E-state index is 14.2. The van der Waals surface area contributed by atoms with Crippen LogP contribution in [0.25, 0.3) is 137 Å². The van der Waals surface area contributed by atoms with E-state index in [1.54, 1.807) is 43.7 Å². The molecule has 2 N–H and O–H groups in total. The molecule has 21 rings (SSSR count). The van der Waals surface area contributed by atoms with Crippen molar-refractivity contribution in [3.8, 4) is 67.5 Å². The van der Waals surface area contributed by atoms with Crippen molar-refractivity contribution in [3.05, 3.63) is 260 Å². The van der Waals surface area contributed by atoms with Gasteiger partial charge in [0.1, 0.15) is 47.1 Å². The molecule has 0 saturated heterocycles. The first kappa shape index (κ1) is 99.7. The van der Waals surface area contributed by atoms with Gasteiger partial charge < -0.3 is 48.1 Å². The lowest BCUT2D eigenvalue weighted by molar-refractivity contribution is -0.162. The first-order chi connectivity index (χ1) is 68.3. The van der Waals surface area contributed by atoms with E-state index >= 15 is 0 Å². The number of hydrogen-bond acceptors (Lipinski definition) is 21. The molecule has 13 heterocycles. The van der Waals surface area contributed by atoms with Gasteiger partial charge in [0.15, 0.2) is 23.8 Å². The summed E-state index contributed by atoms with van der Waals surface area (Å²) in [5, 5.41) is 36.2. The van der Waals surface area contributed by atoms with Crippen LogP contribution in [0, 0.1) is 34.6 Å². The number of aliphatic carboxylic acids is 2. The summed E-state index contributed by atoms with van der Waals surface area (Å²) >= 11 is 0. The Morgan fingerprint density at radius 3 is 1.12 bits per heavy atom. The molecule has 8 aromatic carbocycles. The molecular formula is C117H117F3N10O14. The standard InChI is InChI=1S/C30H30F2N2O3.C29H29FN2O4.C29H28N4O3.C29H30N2O4/c1-16-15-21-19(8-10-23(34-21)30(6,31)32)26(24(16)28(17(2)35)37-29(3,4)5)20-7-9-22-25-18(12-14-36-22)11-13-33-27(20)25;1-15-14-21-18(6-8-20(32-21)16(2)30)25(23(15)27(28(33)34)36-29(3,4)5)19-7-9-22-24-17(11-13-35-22)10-12-31-26(19)24;1-16-14-22-20(7-6-19-15-31-32-33(19)22)26(24(16)28(17(2)34)36-29(3,4)5)21-8-9-23-25-18(11-13-35-23)10-12-30-27(21)25;1-6-29(4,5)35-27(28(32)33)23-16(2)15-21-19(8-7-17(3)31-21)25(23)20-9-10-22-24-18(12-14-34-22)11-13-30-26(20)24/h7-11,13,15,28H,12,14H2,1-6H3;6-10,12,14,16,27H,11,13H2,1-5H3,(H,33,34);6-10,12,14-15,28H,11,13H2,1-5H3;7-11,13,15,27H,6,12,14H2,1-5H3,(H,32,33)/t28-;16?,27-;28-;27-/m1010/s1. The van der Waals surface area contributed by atoms with Gasteiger partial charge in [-0.3, -0.25) is 34.5 Å². The molecular weight excluding hydrogens is 1830 g/mol. The second-order valence-electron chi connectivity index (χ2n) is 41.3. The second kappa shape index (κ2) is 38.7. The molecule has 17 aromatic rings. The lowest BCUT2D eigenvalue weighted by atomic mass is 9.85. The Labute approximate surface area is 832 Å². The van der Waals surface area contributed by atoms with Gasteiger partial charge in [0.2, 0.25) is 0 Å². The Morgan fingerprint density at radius 2 is 0.757 bits per heavy atom. The van der Waals surface area contributed by atoms with Gasteiger partial charge in [-0.15, -0.1) is 5.10 Å². The molecule has 144 heavy (non-hydrogen) atoms. The van der Waals surface area contributed by atoms with Crippen molar-refractivity contribution in [3.63, 3.8) is 0 Å². The van der Waals surface area contributed by atoms with Crippen LogP contribution in [0.15, 0.2) is 177 Å². The zero-order chi connectivity index (χ0) is 103. The number of carboxylic acid groups (broad SMARTS) is 2. The molecule has 4 aliphatic rings. The zero-order valence-electron chi connectivity index (χ0n) is 84.9. The topological polar surface area (TPSA) is 303 Å². The highest BCUT2D eigenvalue weighted by atomic mass is 19.3.